The summed E-state index contributed by atoms with van der Waals surface area (Å²) in [4.78, 5) is 2.41. The second-order valence-electron chi connectivity index (χ2n) is 19.2. The SMILES string of the molecule is c1ccc(-n2c3ccccc3c3cc(-c4ccc(N(c5ccc(-c6cccc7c6oc6ccccc67)cc5)c5ccc(-c6ccc7c8ccccc8n(-c8ccccc8)c7c6)c6ccccc56)cc4)ccc32)cc1. The van der Waals surface area contributed by atoms with Gasteiger partial charge in [-0.05, 0) is 124 Å². The summed E-state index contributed by atoms with van der Waals surface area (Å²) in [7, 11) is 0. The molecule has 15 aromatic rings. The monoisotopic (exact) mass is 943 g/mol. The van der Waals surface area contributed by atoms with Gasteiger partial charge in [-0.25, -0.2) is 0 Å². The van der Waals surface area contributed by atoms with Crippen molar-refractivity contribution in [2.24, 2.45) is 0 Å². The molecule has 0 fully saturated rings. The molecule has 0 aliphatic carbocycles. The van der Waals surface area contributed by atoms with Crippen LogP contribution < -0.4 is 4.90 Å². The van der Waals surface area contributed by atoms with Gasteiger partial charge in [0.2, 0.25) is 0 Å². The molecule has 0 radical (unpaired) electrons. The van der Waals surface area contributed by atoms with Crippen molar-refractivity contribution in [3.8, 4) is 44.8 Å². The molecule has 3 heterocycles. The molecule has 0 aliphatic rings. The molecule has 0 spiro atoms. The van der Waals surface area contributed by atoms with Gasteiger partial charge in [0, 0.05) is 66.0 Å². The molecular weight excluding hydrogens is 899 g/mol. The molecule has 0 atom stereocenters. The lowest BCUT2D eigenvalue weighted by Crippen LogP contribution is -2.10. The minimum atomic E-state index is 0.897. The van der Waals surface area contributed by atoms with Crippen LogP contribution in [0.2, 0.25) is 0 Å². The predicted molar refractivity (Wildman–Crippen MR) is 311 cm³/mol. The summed E-state index contributed by atoms with van der Waals surface area (Å²) < 4.78 is 11.3. The Labute approximate surface area is 427 Å². The standard InChI is InChI=1S/C70H45N3O/c1-3-16-50(17-4-1)72-65-28-13-10-23-59(65)63-44-48(35-42-67(63)72)46-30-36-52(37-31-46)71(53-38-32-47(33-39-53)55-25-15-26-62-61-24-11-14-29-69(61)74-70(55)62)66-43-41-54(56-20-7-8-21-57(56)66)49-34-40-60-58-22-9-12-27-64(58)73(68(60)45-49)51-18-5-2-6-19-51/h1-45H. The Morgan fingerprint density at radius 3 is 1.49 bits per heavy atom. The van der Waals surface area contributed by atoms with Crippen LogP contribution in [0.15, 0.2) is 277 Å². The fourth-order valence-corrected chi connectivity index (χ4v) is 11.7. The highest BCUT2D eigenvalue weighted by molar-refractivity contribution is 6.14. The molecule has 4 nitrogen and oxygen atoms in total. The van der Waals surface area contributed by atoms with Crippen LogP contribution in [-0.2, 0) is 0 Å². The molecular formula is C70H45N3O. The Hall–Kier alpha value is -9.90. The fraction of sp³-hybridized carbons (Fsp3) is 0. The van der Waals surface area contributed by atoms with Gasteiger partial charge in [0.15, 0.2) is 0 Å². The highest BCUT2D eigenvalue weighted by atomic mass is 16.3. The molecule has 346 valence electrons. The smallest absolute Gasteiger partial charge is 0.143 e. The summed E-state index contributed by atoms with van der Waals surface area (Å²) in [5.74, 6) is 0. The molecule has 15 rings (SSSR count). The molecule has 0 bridgehead atoms. The first-order chi connectivity index (χ1) is 36.7. The number of benzene rings is 12. The van der Waals surface area contributed by atoms with Gasteiger partial charge in [-0.2, -0.15) is 0 Å². The van der Waals surface area contributed by atoms with Crippen LogP contribution in [0.1, 0.15) is 0 Å². The zero-order valence-electron chi connectivity index (χ0n) is 40.2. The number of fused-ring (bicyclic) bond motifs is 10. The van der Waals surface area contributed by atoms with Crippen LogP contribution in [0.4, 0.5) is 17.1 Å². The maximum Gasteiger partial charge on any atom is 0.143 e. The molecule has 3 aromatic heterocycles. The third-order valence-electron chi connectivity index (χ3n) is 15.1. The van der Waals surface area contributed by atoms with Crippen molar-refractivity contribution in [2.45, 2.75) is 0 Å². The molecule has 12 aromatic carbocycles. The van der Waals surface area contributed by atoms with Crippen molar-refractivity contribution in [3.05, 3.63) is 273 Å². The molecule has 0 unspecified atom stereocenters. The molecule has 0 N–H and O–H groups in total. The van der Waals surface area contributed by atoms with E-state index in [1.807, 2.05) is 12.1 Å². The van der Waals surface area contributed by atoms with Gasteiger partial charge in [-0.3, -0.25) is 0 Å². The van der Waals surface area contributed by atoms with Crippen LogP contribution in [0.5, 0.6) is 0 Å². The predicted octanol–water partition coefficient (Wildman–Crippen LogP) is 19.4. The lowest BCUT2D eigenvalue weighted by molar-refractivity contribution is 0.670. The normalized spacial score (nSPS) is 11.8. The molecule has 0 saturated carbocycles. The van der Waals surface area contributed by atoms with E-state index in [0.717, 1.165) is 72.5 Å². The number of aromatic nitrogens is 2. The first-order valence-corrected chi connectivity index (χ1v) is 25.3. The van der Waals surface area contributed by atoms with E-state index in [2.05, 4.69) is 275 Å². The maximum atomic E-state index is 6.52. The lowest BCUT2D eigenvalue weighted by atomic mass is 9.95. The third-order valence-corrected chi connectivity index (χ3v) is 15.1. The van der Waals surface area contributed by atoms with Crippen molar-refractivity contribution in [3.63, 3.8) is 0 Å². The highest BCUT2D eigenvalue weighted by Gasteiger charge is 2.21. The summed E-state index contributed by atoms with van der Waals surface area (Å²) in [6.07, 6.45) is 0. The number of para-hydroxylation sites is 6. The molecule has 0 saturated heterocycles. The average molecular weight is 944 g/mol. The summed E-state index contributed by atoms with van der Waals surface area (Å²) in [5, 5.41) is 9.56. The van der Waals surface area contributed by atoms with Crippen molar-refractivity contribution in [2.75, 3.05) is 4.90 Å². The van der Waals surface area contributed by atoms with Gasteiger partial charge < -0.3 is 18.5 Å². The van der Waals surface area contributed by atoms with E-state index >= 15 is 0 Å². The van der Waals surface area contributed by atoms with Gasteiger partial charge in [0.05, 0.1) is 27.8 Å². The van der Waals surface area contributed by atoms with Gasteiger partial charge in [0.25, 0.3) is 0 Å². The van der Waals surface area contributed by atoms with E-state index in [1.165, 1.54) is 65.7 Å². The Morgan fingerprint density at radius 2 is 0.784 bits per heavy atom. The number of nitrogens with zero attached hydrogens (tertiary/aromatic N) is 3. The lowest BCUT2D eigenvalue weighted by Gasteiger charge is -2.28. The average Bonchev–Trinajstić information content (AvgIpc) is 4.13. The number of anilines is 3. The Balaban J connectivity index is 0.873. The van der Waals surface area contributed by atoms with Gasteiger partial charge >= 0.3 is 0 Å². The molecule has 0 aliphatic heterocycles. The Morgan fingerprint density at radius 1 is 0.270 bits per heavy atom. The number of hydrogen-bond donors (Lipinski definition) is 0. The largest absolute Gasteiger partial charge is 0.455 e. The van der Waals surface area contributed by atoms with Crippen LogP contribution in [0, 0.1) is 0 Å². The molecule has 0 amide bonds. The zero-order chi connectivity index (χ0) is 48.7. The second kappa shape index (κ2) is 16.9. The van der Waals surface area contributed by atoms with E-state index < -0.39 is 0 Å². The van der Waals surface area contributed by atoms with Crippen molar-refractivity contribution < 1.29 is 4.42 Å². The number of furan rings is 1. The van der Waals surface area contributed by atoms with E-state index in [9.17, 15) is 0 Å². The highest BCUT2D eigenvalue weighted by Crippen LogP contribution is 2.45. The van der Waals surface area contributed by atoms with Gasteiger partial charge in [-0.1, -0.05) is 182 Å². The van der Waals surface area contributed by atoms with E-state index in [0.29, 0.717) is 0 Å². The topological polar surface area (TPSA) is 26.2 Å². The van der Waals surface area contributed by atoms with Crippen LogP contribution in [-0.4, -0.2) is 9.13 Å². The van der Waals surface area contributed by atoms with Gasteiger partial charge in [0.1, 0.15) is 11.2 Å². The summed E-state index contributed by atoms with van der Waals surface area (Å²) in [5.41, 5.74) is 19.0. The maximum absolute atomic E-state index is 6.52. The molecule has 74 heavy (non-hydrogen) atoms. The minimum absolute atomic E-state index is 0.897. The van der Waals surface area contributed by atoms with Crippen molar-refractivity contribution >= 4 is 93.4 Å². The third kappa shape index (κ3) is 6.62. The zero-order valence-corrected chi connectivity index (χ0v) is 40.2. The second-order valence-corrected chi connectivity index (χ2v) is 19.2. The van der Waals surface area contributed by atoms with E-state index in [1.54, 1.807) is 0 Å². The van der Waals surface area contributed by atoms with Crippen LogP contribution in [0.25, 0.3) is 121 Å². The quantitative estimate of drug-likeness (QED) is 0.152. The van der Waals surface area contributed by atoms with Crippen LogP contribution >= 0.6 is 0 Å². The van der Waals surface area contributed by atoms with E-state index in [-0.39, 0.29) is 0 Å². The number of rotatable bonds is 8. The first kappa shape index (κ1) is 41.8. The summed E-state index contributed by atoms with van der Waals surface area (Å²) in [6, 6.07) is 99.0. The van der Waals surface area contributed by atoms with Crippen LogP contribution in [0.3, 0.4) is 0 Å². The Kier molecular flexibility index (Phi) is 9.54. The van der Waals surface area contributed by atoms with E-state index in [4.69, 9.17) is 4.42 Å². The van der Waals surface area contributed by atoms with Gasteiger partial charge in [-0.15, -0.1) is 0 Å². The Bertz CT molecular complexity index is 4640. The van der Waals surface area contributed by atoms with Crippen molar-refractivity contribution in [1.29, 1.82) is 0 Å². The number of hydrogen-bond acceptors (Lipinski definition) is 2. The van der Waals surface area contributed by atoms with Crippen molar-refractivity contribution in [1.82, 2.24) is 9.13 Å². The summed E-state index contributed by atoms with van der Waals surface area (Å²) in [6.45, 7) is 0. The minimum Gasteiger partial charge on any atom is -0.455 e. The summed E-state index contributed by atoms with van der Waals surface area (Å²) >= 11 is 0. The fourth-order valence-electron chi connectivity index (χ4n) is 11.7. The first-order valence-electron chi connectivity index (χ1n) is 25.3. The molecule has 4 heteroatoms.